The largest absolute Gasteiger partial charge is 0.409 e. The van der Waals surface area contributed by atoms with Gasteiger partial charge in [-0.05, 0) is 17.9 Å². The number of carbonyl (C=O) groups is 1. The SMILES string of the molecule is CC(CN(C)C(=O)C1CC1c1ccccc1)/C(N)=N/O. The molecule has 1 amide bonds. The van der Waals surface area contributed by atoms with Gasteiger partial charge in [-0.25, -0.2) is 0 Å². The zero-order chi connectivity index (χ0) is 14.7. The number of hydrogen-bond donors (Lipinski definition) is 2. The molecule has 0 bridgehead atoms. The zero-order valence-electron chi connectivity index (χ0n) is 11.9. The molecule has 0 aliphatic heterocycles. The van der Waals surface area contributed by atoms with Crippen LogP contribution in [0, 0.1) is 11.8 Å². The van der Waals surface area contributed by atoms with Crippen LogP contribution in [0.3, 0.4) is 0 Å². The van der Waals surface area contributed by atoms with Gasteiger partial charge >= 0.3 is 0 Å². The average Bonchev–Trinajstić information content (AvgIpc) is 3.26. The van der Waals surface area contributed by atoms with Crippen molar-refractivity contribution in [3.8, 4) is 0 Å². The number of amidine groups is 1. The lowest BCUT2D eigenvalue weighted by molar-refractivity contribution is -0.131. The summed E-state index contributed by atoms with van der Waals surface area (Å²) in [6, 6.07) is 10.1. The van der Waals surface area contributed by atoms with E-state index in [1.807, 2.05) is 25.1 Å². The van der Waals surface area contributed by atoms with Gasteiger partial charge in [-0.15, -0.1) is 0 Å². The number of hydrogen-bond acceptors (Lipinski definition) is 3. The van der Waals surface area contributed by atoms with Gasteiger partial charge in [0.1, 0.15) is 5.84 Å². The molecule has 20 heavy (non-hydrogen) atoms. The summed E-state index contributed by atoms with van der Waals surface area (Å²) in [6.07, 6.45) is 0.908. The van der Waals surface area contributed by atoms with E-state index in [4.69, 9.17) is 10.9 Å². The molecule has 3 atom stereocenters. The zero-order valence-corrected chi connectivity index (χ0v) is 11.9. The number of oxime groups is 1. The van der Waals surface area contributed by atoms with Crippen molar-refractivity contribution < 1.29 is 10.0 Å². The second-order valence-electron chi connectivity index (χ2n) is 5.50. The average molecular weight is 275 g/mol. The van der Waals surface area contributed by atoms with Crippen molar-refractivity contribution in [2.24, 2.45) is 22.7 Å². The lowest BCUT2D eigenvalue weighted by atomic mass is 10.1. The van der Waals surface area contributed by atoms with Crippen LogP contribution < -0.4 is 5.73 Å². The van der Waals surface area contributed by atoms with Crippen LogP contribution in [0.25, 0.3) is 0 Å². The summed E-state index contributed by atoms with van der Waals surface area (Å²) < 4.78 is 0. The van der Waals surface area contributed by atoms with Crippen LogP contribution in [0.2, 0.25) is 0 Å². The van der Waals surface area contributed by atoms with E-state index in [2.05, 4.69) is 17.3 Å². The van der Waals surface area contributed by atoms with Crippen LogP contribution in [0.15, 0.2) is 35.5 Å². The molecule has 1 aliphatic carbocycles. The number of nitrogens with two attached hydrogens (primary N) is 1. The Morgan fingerprint density at radius 2 is 2.15 bits per heavy atom. The molecule has 1 aromatic rings. The molecular weight excluding hydrogens is 254 g/mol. The quantitative estimate of drug-likeness (QED) is 0.371. The van der Waals surface area contributed by atoms with E-state index in [-0.39, 0.29) is 23.6 Å². The first-order chi connectivity index (χ1) is 9.54. The van der Waals surface area contributed by atoms with Crippen molar-refractivity contribution in [1.29, 1.82) is 0 Å². The van der Waals surface area contributed by atoms with Gasteiger partial charge in [-0.3, -0.25) is 4.79 Å². The van der Waals surface area contributed by atoms with Gasteiger partial charge in [0, 0.05) is 25.4 Å². The summed E-state index contributed by atoms with van der Waals surface area (Å²) in [5, 5.41) is 11.6. The smallest absolute Gasteiger partial charge is 0.226 e. The molecular formula is C15H21N3O2. The molecule has 1 fully saturated rings. The first-order valence-electron chi connectivity index (χ1n) is 6.82. The van der Waals surface area contributed by atoms with Crippen molar-refractivity contribution >= 4 is 11.7 Å². The highest BCUT2D eigenvalue weighted by Crippen LogP contribution is 2.48. The standard InChI is InChI=1S/C15H21N3O2/c1-10(14(16)17-20)9-18(2)15(19)13-8-12(13)11-6-4-3-5-7-11/h3-7,10,12-13,20H,8-9H2,1-2H3,(H2,16,17). The molecule has 0 spiro atoms. The number of rotatable bonds is 5. The molecule has 1 aromatic carbocycles. The van der Waals surface area contributed by atoms with Gasteiger partial charge in [0.25, 0.3) is 0 Å². The van der Waals surface area contributed by atoms with Crippen LogP contribution in [-0.4, -0.2) is 35.4 Å². The predicted molar refractivity (Wildman–Crippen MR) is 77.5 cm³/mol. The van der Waals surface area contributed by atoms with Gasteiger partial charge in [0.05, 0.1) is 0 Å². The first kappa shape index (κ1) is 14.4. The highest BCUT2D eigenvalue weighted by atomic mass is 16.4. The third-order valence-corrected chi connectivity index (χ3v) is 3.88. The molecule has 3 unspecified atom stereocenters. The maximum atomic E-state index is 12.3. The van der Waals surface area contributed by atoms with E-state index in [9.17, 15) is 4.79 Å². The Bertz CT molecular complexity index is 501. The molecule has 0 saturated heterocycles. The van der Waals surface area contributed by atoms with E-state index in [0.717, 1.165) is 6.42 Å². The normalized spacial score (nSPS) is 23.2. The summed E-state index contributed by atoms with van der Waals surface area (Å²) in [6.45, 7) is 2.30. The fourth-order valence-corrected chi connectivity index (χ4v) is 2.51. The van der Waals surface area contributed by atoms with Crippen molar-refractivity contribution in [2.45, 2.75) is 19.3 Å². The van der Waals surface area contributed by atoms with E-state index >= 15 is 0 Å². The lowest BCUT2D eigenvalue weighted by Crippen LogP contribution is -2.37. The number of amides is 1. The third kappa shape index (κ3) is 3.10. The van der Waals surface area contributed by atoms with Crippen LogP contribution in [0.1, 0.15) is 24.8 Å². The highest BCUT2D eigenvalue weighted by molar-refractivity contribution is 5.85. The molecule has 5 nitrogen and oxygen atoms in total. The number of benzene rings is 1. The Morgan fingerprint density at radius 1 is 1.50 bits per heavy atom. The minimum atomic E-state index is -0.150. The minimum absolute atomic E-state index is 0.0712. The van der Waals surface area contributed by atoms with Crippen LogP contribution in [0.5, 0.6) is 0 Å². The van der Waals surface area contributed by atoms with Crippen LogP contribution >= 0.6 is 0 Å². The van der Waals surface area contributed by atoms with Gasteiger partial charge in [0.15, 0.2) is 0 Å². The Labute approximate surface area is 119 Å². The molecule has 0 heterocycles. The molecule has 3 N–H and O–H groups in total. The fraction of sp³-hybridized carbons (Fsp3) is 0.467. The van der Waals surface area contributed by atoms with E-state index < -0.39 is 0 Å². The van der Waals surface area contributed by atoms with E-state index in [1.165, 1.54) is 5.56 Å². The Kier molecular flexibility index (Phi) is 4.27. The molecule has 0 radical (unpaired) electrons. The lowest BCUT2D eigenvalue weighted by Gasteiger charge is -2.21. The van der Waals surface area contributed by atoms with Crippen LogP contribution in [-0.2, 0) is 4.79 Å². The topological polar surface area (TPSA) is 78.9 Å². The maximum Gasteiger partial charge on any atom is 0.226 e. The highest BCUT2D eigenvalue weighted by Gasteiger charge is 2.45. The van der Waals surface area contributed by atoms with E-state index in [1.54, 1.807) is 11.9 Å². The van der Waals surface area contributed by atoms with Gasteiger partial charge in [-0.1, -0.05) is 42.4 Å². The summed E-state index contributed by atoms with van der Waals surface area (Å²) in [5.74, 6) is 0.548. The Morgan fingerprint density at radius 3 is 2.75 bits per heavy atom. The Balaban J connectivity index is 1.90. The van der Waals surface area contributed by atoms with Crippen molar-refractivity contribution in [3.05, 3.63) is 35.9 Å². The third-order valence-electron chi connectivity index (χ3n) is 3.88. The summed E-state index contributed by atoms with van der Waals surface area (Å²) >= 11 is 0. The van der Waals surface area contributed by atoms with Gasteiger partial charge in [-0.2, -0.15) is 0 Å². The van der Waals surface area contributed by atoms with Crippen molar-refractivity contribution in [2.75, 3.05) is 13.6 Å². The first-order valence-corrected chi connectivity index (χ1v) is 6.82. The second-order valence-corrected chi connectivity index (χ2v) is 5.50. The second kappa shape index (κ2) is 5.94. The molecule has 1 saturated carbocycles. The van der Waals surface area contributed by atoms with Gasteiger partial charge in [0.2, 0.25) is 5.91 Å². The molecule has 2 rings (SSSR count). The number of carbonyl (C=O) groups excluding carboxylic acids is 1. The van der Waals surface area contributed by atoms with Gasteiger partial charge < -0.3 is 15.8 Å². The molecule has 108 valence electrons. The predicted octanol–water partition coefficient (Wildman–Crippen LogP) is 1.63. The van der Waals surface area contributed by atoms with Crippen molar-refractivity contribution in [3.63, 3.8) is 0 Å². The minimum Gasteiger partial charge on any atom is -0.409 e. The molecule has 5 heteroatoms. The maximum absolute atomic E-state index is 12.3. The number of nitrogens with zero attached hydrogens (tertiary/aromatic N) is 2. The summed E-state index contributed by atoms with van der Waals surface area (Å²) in [4.78, 5) is 14.0. The van der Waals surface area contributed by atoms with Crippen LogP contribution in [0.4, 0.5) is 0 Å². The Hall–Kier alpha value is -2.04. The monoisotopic (exact) mass is 275 g/mol. The summed E-state index contributed by atoms with van der Waals surface area (Å²) in [5.41, 5.74) is 6.76. The van der Waals surface area contributed by atoms with Crippen molar-refractivity contribution in [1.82, 2.24) is 4.90 Å². The van der Waals surface area contributed by atoms with E-state index in [0.29, 0.717) is 12.5 Å². The molecule has 0 aromatic heterocycles. The molecule has 1 aliphatic rings. The summed E-state index contributed by atoms with van der Waals surface area (Å²) in [7, 11) is 1.77. The fourth-order valence-electron chi connectivity index (χ4n) is 2.51.